The molecule has 0 radical (unpaired) electrons. The number of amides is 1. The van der Waals surface area contributed by atoms with E-state index in [2.05, 4.69) is 26.2 Å². The Kier molecular flexibility index (Phi) is 2.29. The Balaban J connectivity index is 2.18. The van der Waals surface area contributed by atoms with E-state index < -0.39 is 0 Å². The van der Waals surface area contributed by atoms with Crippen LogP contribution in [0.3, 0.4) is 0 Å². The highest BCUT2D eigenvalue weighted by molar-refractivity contribution is 9.10. The number of pyridine rings is 1. The Hall–Kier alpha value is -1.20. The number of aromatic nitrogens is 1. The van der Waals surface area contributed by atoms with Gasteiger partial charge in [-0.15, -0.1) is 0 Å². The SMILES string of the molecule is O=C1Nc2ncc(Br)cc2C2=CCOC[C@@H]12. The molecule has 1 amide bonds. The first-order valence-corrected chi connectivity index (χ1v) is 5.79. The molecule has 0 spiro atoms. The minimum atomic E-state index is -0.197. The van der Waals surface area contributed by atoms with Crippen molar-refractivity contribution in [2.75, 3.05) is 18.5 Å². The molecule has 3 rings (SSSR count). The number of ether oxygens (including phenoxy) is 1. The van der Waals surface area contributed by atoms with Crippen molar-refractivity contribution in [3.63, 3.8) is 0 Å². The zero-order chi connectivity index (χ0) is 11.1. The standard InChI is InChI=1S/C11H9BrN2O2/c12-6-3-8-7-1-2-16-5-9(7)11(15)14-10(8)13-4-6/h1,3-4,9H,2,5H2,(H,13,14,15)/t9-/m1/s1. The first kappa shape index (κ1) is 9.99. The number of hydrogen-bond acceptors (Lipinski definition) is 3. The van der Waals surface area contributed by atoms with Crippen molar-refractivity contribution >= 4 is 33.2 Å². The van der Waals surface area contributed by atoms with E-state index in [1.807, 2.05) is 12.1 Å². The van der Waals surface area contributed by atoms with Gasteiger partial charge in [0.05, 0.1) is 19.1 Å². The third-order valence-electron chi connectivity index (χ3n) is 2.80. The normalized spacial score (nSPS) is 22.9. The summed E-state index contributed by atoms with van der Waals surface area (Å²) >= 11 is 3.39. The van der Waals surface area contributed by atoms with Crippen molar-refractivity contribution in [1.29, 1.82) is 0 Å². The highest BCUT2D eigenvalue weighted by atomic mass is 79.9. The van der Waals surface area contributed by atoms with Crippen LogP contribution in [0.15, 0.2) is 22.8 Å². The van der Waals surface area contributed by atoms with Gasteiger partial charge in [-0.2, -0.15) is 0 Å². The van der Waals surface area contributed by atoms with Crippen molar-refractivity contribution in [3.8, 4) is 0 Å². The Morgan fingerprint density at radius 2 is 2.44 bits per heavy atom. The molecule has 0 fully saturated rings. The molecule has 4 nitrogen and oxygen atoms in total. The molecule has 1 aromatic rings. The number of fused-ring (bicyclic) bond motifs is 3. The van der Waals surface area contributed by atoms with E-state index in [-0.39, 0.29) is 11.8 Å². The molecule has 1 N–H and O–H groups in total. The zero-order valence-corrected chi connectivity index (χ0v) is 9.95. The number of rotatable bonds is 0. The summed E-state index contributed by atoms with van der Waals surface area (Å²) in [5.74, 6) is 0.406. The van der Waals surface area contributed by atoms with Crippen LogP contribution in [0.2, 0.25) is 0 Å². The number of carbonyl (C=O) groups is 1. The van der Waals surface area contributed by atoms with Gasteiger partial charge in [-0.1, -0.05) is 6.08 Å². The summed E-state index contributed by atoms with van der Waals surface area (Å²) in [5.41, 5.74) is 2.01. The second kappa shape index (κ2) is 3.68. The van der Waals surface area contributed by atoms with Gasteiger partial charge < -0.3 is 10.1 Å². The lowest BCUT2D eigenvalue weighted by Crippen LogP contribution is -2.34. The van der Waals surface area contributed by atoms with Gasteiger partial charge >= 0.3 is 0 Å². The molecule has 1 atom stereocenters. The molecule has 0 saturated carbocycles. The summed E-state index contributed by atoms with van der Waals surface area (Å²) in [7, 11) is 0. The summed E-state index contributed by atoms with van der Waals surface area (Å²) in [4.78, 5) is 16.0. The van der Waals surface area contributed by atoms with Crippen molar-refractivity contribution < 1.29 is 9.53 Å². The van der Waals surface area contributed by atoms with E-state index in [1.165, 1.54) is 0 Å². The highest BCUT2D eigenvalue weighted by Gasteiger charge is 2.33. The molecule has 82 valence electrons. The van der Waals surface area contributed by atoms with Gasteiger partial charge in [-0.3, -0.25) is 4.79 Å². The molecule has 2 aliphatic rings. The van der Waals surface area contributed by atoms with Gasteiger partial charge in [-0.05, 0) is 27.6 Å². The Morgan fingerprint density at radius 3 is 3.31 bits per heavy atom. The average Bonchev–Trinajstić information content (AvgIpc) is 2.31. The van der Waals surface area contributed by atoms with Crippen LogP contribution in [0.1, 0.15) is 5.56 Å². The van der Waals surface area contributed by atoms with Crippen LogP contribution in [0.4, 0.5) is 5.82 Å². The fourth-order valence-electron chi connectivity index (χ4n) is 2.04. The van der Waals surface area contributed by atoms with E-state index in [1.54, 1.807) is 6.20 Å². The Bertz CT molecular complexity index is 499. The van der Waals surface area contributed by atoms with Crippen LogP contribution in [-0.2, 0) is 9.53 Å². The van der Waals surface area contributed by atoms with Crippen LogP contribution < -0.4 is 5.32 Å². The number of anilines is 1. The largest absolute Gasteiger partial charge is 0.376 e. The van der Waals surface area contributed by atoms with Crippen LogP contribution in [0, 0.1) is 5.92 Å². The summed E-state index contributed by atoms with van der Waals surface area (Å²) in [5, 5.41) is 2.79. The molecule has 16 heavy (non-hydrogen) atoms. The Morgan fingerprint density at radius 1 is 1.56 bits per heavy atom. The number of halogens is 1. The van der Waals surface area contributed by atoms with E-state index in [0.29, 0.717) is 19.0 Å². The molecular formula is C11H9BrN2O2. The predicted molar refractivity (Wildman–Crippen MR) is 62.9 cm³/mol. The topological polar surface area (TPSA) is 51.2 Å². The maximum absolute atomic E-state index is 11.8. The Labute approximate surface area is 101 Å². The van der Waals surface area contributed by atoms with Crippen molar-refractivity contribution in [3.05, 3.63) is 28.4 Å². The first-order valence-electron chi connectivity index (χ1n) is 5.00. The molecular weight excluding hydrogens is 272 g/mol. The van der Waals surface area contributed by atoms with Gasteiger partial charge in [0, 0.05) is 16.2 Å². The quantitative estimate of drug-likeness (QED) is 0.789. The van der Waals surface area contributed by atoms with Gasteiger partial charge in [0.25, 0.3) is 0 Å². The van der Waals surface area contributed by atoms with Gasteiger partial charge in [-0.25, -0.2) is 4.98 Å². The summed E-state index contributed by atoms with van der Waals surface area (Å²) in [6.07, 6.45) is 3.64. The van der Waals surface area contributed by atoms with E-state index in [9.17, 15) is 4.79 Å². The van der Waals surface area contributed by atoms with E-state index >= 15 is 0 Å². The minimum absolute atomic E-state index is 0.0340. The molecule has 0 unspecified atom stereocenters. The summed E-state index contributed by atoms with van der Waals surface area (Å²) in [6.45, 7) is 1.01. The number of hydrogen-bond donors (Lipinski definition) is 1. The maximum Gasteiger partial charge on any atom is 0.235 e. The lowest BCUT2D eigenvalue weighted by Gasteiger charge is -2.29. The number of nitrogens with one attached hydrogen (secondary N) is 1. The van der Waals surface area contributed by atoms with E-state index in [0.717, 1.165) is 15.6 Å². The summed E-state index contributed by atoms with van der Waals surface area (Å²) < 4.78 is 6.20. The zero-order valence-electron chi connectivity index (χ0n) is 8.37. The second-order valence-corrected chi connectivity index (χ2v) is 4.70. The predicted octanol–water partition coefficient (Wildman–Crippen LogP) is 1.83. The van der Waals surface area contributed by atoms with Gasteiger partial charge in [0.2, 0.25) is 5.91 Å². The monoisotopic (exact) mass is 280 g/mol. The molecule has 0 saturated heterocycles. The highest BCUT2D eigenvalue weighted by Crippen LogP contribution is 2.36. The average molecular weight is 281 g/mol. The molecule has 0 aromatic carbocycles. The smallest absolute Gasteiger partial charge is 0.235 e. The van der Waals surface area contributed by atoms with Crippen molar-refractivity contribution in [1.82, 2.24) is 4.98 Å². The lowest BCUT2D eigenvalue weighted by molar-refractivity contribution is -0.120. The first-order chi connectivity index (χ1) is 7.75. The third-order valence-corrected chi connectivity index (χ3v) is 3.24. The van der Waals surface area contributed by atoms with Crippen LogP contribution in [-0.4, -0.2) is 24.1 Å². The van der Waals surface area contributed by atoms with Crippen LogP contribution >= 0.6 is 15.9 Å². The van der Waals surface area contributed by atoms with Gasteiger partial charge in [0.15, 0.2) is 0 Å². The number of carbonyl (C=O) groups excluding carboxylic acids is 1. The summed E-state index contributed by atoms with van der Waals surface area (Å²) in [6, 6.07) is 1.98. The fraction of sp³-hybridized carbons (Fsp3) is 0.273. The van der Waals surface area contributed by atoms with Crippen LogP contribution in [0.5, 0.6) is 0 Å². The van der Waals surface area contributed by atoms with Gasteiger partial charge in [0.1, 0.15) is 5.82 Å². The maximum atomic E-state index is 11.8. The fourth-order valence-corrected chi connectivity index (χ4v) is 2.38. The minimum Gasteiger partial charge on any atom is -0.376 e. The van der Waals surface area contributed by atoms with Crippen molar-refractivity contribution in [2.24, 2.45) is 5.92 Å². The van der Waals surface area contributed by atoms with Crippen molar-refractivity contribution in [2.45, 2.75) is 0 Å². The molecule has 0 bridgehead atoms. The van der Waals surface area contributed by atoms with E-state index in [4.69, 9.17) is 4.74 Å². The molecule has 3 heterocycles. The molecule has 5 heteroatoms. The van der Waals surface area contributed by atoms with Crippen LogP contribution in [0.25, 0.3) is 5.57 Å². The molecule has 0 aliphatic carbocycles. The molecule has 2 aliphatic heterocycles. The lowest BCUT2D eigenvalue weighted by atomic mass is 9.88. The third kappa shape index (κ3) is 1.47. The second-order valence-electron chi connectivity index (χ2n) is 3.79. The molecule has 1 aromatic heterocycles. The number of nitrogens with zero attached hydrogens (tertiary/aromatic N) is 1.